The molecule has 0 amide bonds. The van der Waals surface area contributed by atoms with Crippen LogP contribution in [0.15, 0.2) is 69.4 Å². The molecule has 0 fully saturated rings. The average Bonchev–Trinajstić information content (AvgIpc) is 3.35. The second-order valence-corrected chi connectivity index (χ2v) is 6.83. The van der Waals surface area contributed by atoms with Crippen molar-refractivity contribution >= 4 is 33.2 Å². The van der Waals surface area contributed by atoms with Crippen LogP contribution in [0.3, 0.4) is 0 Å². The minimum Gasteiger partial charge on any atom is -0.458 e. The molecule has 2 aromatic heterocycles. The lowest BCUT2D eigenvalue weighted by atomic mass is 10.1. The Morgan fingerprint density at radius 2 is 1.96 bits per heavy atom. The van der Waals surface area contributed by atoms with Gasteiger partial charge in [-0.15, -0.1) is 11.3 Å². The van der Waals surface area contributed by atoms with Crippen molar-refractivity contribution < 1.29 is 4.42 Å². The number of nitrogens with zero attached hydrogens (tertiary/aromatic N) is 2. The van der Waals surface area contributed by atoms with Crippen LogP contribution in [0.1, 0.15) is 11.3 Å². The standard InChI is InChI=1S/C20H19N5OS/c21-10-15-8-9-18(26-15)17-12-27-20(24-17)25-19(22)23-11-14-6-3-5-13-4-1-2-7-16(13)14/h1-9,12H,10-11,21H2,(H3,22,23,24,25). The Bertz CT molecular complexity index is 1090. The molecular weight excluding hydrogens is 358 g/mol. The van der Waals surface area contributed by atoms with Crippen LogP contribution in [-0.2, 0) is 13.1 Å². The zero-order chi connectivity index (χ0) is 18.6. The van der Waals surface area contributed by atoms with Gasteiger partial charge in [0.25, 0.3) is 0 Å². The van der Waals surface area contributed by atoms with E-state index in [1.807, 2.05) is 35.7 Å². The van der Waals surface area contributed by atoms with Crippen molar-refractivity contribution in [3.8, 4) is 11.5 Å². The van der Waals surface area contributed by atoms with Crippen molar-refractivity contribution in [2.24, 2.45) is 16.5 Å². The third-order valence-corrected chi connectivity index (χ3v) is 4.91. The normalized spacial score (nSPS) is 11.8. The number of thiazole rings is 1. The molecule has 0 aliphatic heterocycles. The quantitative estimate of drug-likeness (QED) is 0.361. The van der Waals surface area contributed by atoms with Crippen LogP contribution in [0.2, 0.25) is 0 Å². The summed E-state index contributed by atoms with van der Waals surface area (Å²) in [5, 5.41) is 7.98. The number of anilines is 1. The van der Waals surface area contributed by atoms with E-state index < -0.39 is 0 Å². The predicted molar refractivity (Wildman–Crippen MR) is 111 cm³/mol. The highest BCUT2D eigenvalue weighted by Gasteiger charge is 2.09. The summed E-state index contributed by atoms with van der Waals surface area (Å²) in [6, 6.07) is 18.1. The molecule has 0 saturated carbocycles. The van der Waals surface area contributed by atoms with Crippen LogP contribution >= 0.6 is 11.3 Å². The van der Waals surface area contributed by atoms with Crippen LogP contribution in [-0.4, -0.2) is 10.9 Å². The molecule has 0 bridgehead atoms. The lowest BCUT2D eigenvalue weighted by Gasteiger charge is -2.05. The molecule has 7 heteroatoms. The number of hydrogen-bond donors (Lipinski definition) is 3. The zero-order valence-corrected chi connectivity index (χ0v) is 15.4. The molecule has 0 saturated heterocycles. The number of hydrogen-bond acceptors (Lipinski definition) is 5. The van der Waals surface area contributed by atoms with Crippen LogP contribution in [0.4, 0.5) is 5.13 Å². The Morgan fingerprint density at radius 3 is 2.81 bits per heavy atom. The molecule has 0 aliphatic rings. The number of benzene rings is 2. The summed E-state index contributed by atoms with van der Waals surface area (Å²) in [5.74, 6) is 1.74. The molecule has 0 atom stereocenters. The van der Waals surface area contributed by atoms with E-state index in [4.69, 9.17) is 15.9 Å². The Labute approximate surface area is 160 Å². The van der Waals surface area contributed by atoms with Gasteiger partial charge in [0.05, 0.1) is 13.1 Å². The van der Waals surface area contributed by atoms with Gasteiger partial charge in [-0.1, -0.05) is 42.5 Å². The molecule has 4 aromatic rings. The van der Waals surface area contributed by atoms with Crippen molar-refractivity contribution in [2.45, 2.75) is 13.1 Å². The maximum atomic E-state index is 6.04. The van der Waals surface area contributed by atoms with Crippen LogP contribution in [0.5, 0.6) is 0 Å². The molecule has 4 rings (SSSR count). The fourth-order valence-corrected chi connectivity index (χ4v) is 3.53. The van der Waals surface area contributed by atoms with E-state index in [9.17, 15) is 0 Å². The number of nitrogens with one attached hydrogen (secondary N) is 1. The summed E-state index contributed by atoms with van der Waals surface area (Å²) < 4.78 is 5.61. The molecule has 0 spiro atoms. The number of rotatable bonds is 5. The molecule has 2 aromatic carbocycles. The Kier molecular flexibility index (Phi) is 4.86. The highest BCUT2D eigenvalue weighted by Crippen LogP contribution is 2.26. The number of aromatic nitrogens is 1. The topological polar surface area (TPSA) is 102 Å². The van der Waals surface area contributed by atoms with E-state index in [1.165, 1.54) is 22.1 Å². The number of nitrogens with two attached hydrogens (primary N) is 2. The highest BCUT2D eigenvalue weighted by atomic mass is 32.1. The van der Waals surface area contributed by atoms with Crippen LogP contribution in [0.25, 0.3) is 22.2 Å². The first-order valence-electron chi connectivity index (χ1n) is 8.51. The largest absolute Gasteiger partial charge is 0.458 e. The van der Waals surface area contributed by atoms with Gasteiger partial charge in [-0.2, -0.15) is 0 Å². The molecule has 0 aliphatic carbocycles. The van der Waals surface area contributed by atoms with Crippen molar-refractivity contribution in [1.29, 1.82) is 0 Å². The molecule has 6 nitrogen and oxygen atoms in total. The summed E-state index contributed by atoms with van der Waals surface area (Å²) in [7, 11) is 0. The number of fused-ring (bicyclic) bond motifs is 1. The minimum atomic E-state index is 0.325. The zero-order valence-electron chi connectivity index (χ0n) is 14.6. The monoisotopic (exact) mass is 377 g/mol. The summed E-state index contributed by atoms with van der Waals surface area (Å²) >= 11 is 1.44. The molecule has 5 N–H and O–H groups in total. The van der Waals surface area contributed by atoms with E-state index in [-0.39, 0.29) is 0 Å². The lowest BCUT2D eigenvalue weighted by Crippen LogP contribution is -2.22. The van der Waals surface area contributed by atoms with Gasteiger partial charge in [-0.3, -0.25) is 0 Å². The molecule has 27 heavy (non-hydrogen) atoms. The van der Waals surface area contributed by atoms with Crippen LogP contribution < -0.4 is 16.8 Å². The smallest absolute Gasteiger partial charge is 0.195 e. The Balaban J connectivity index is 1.46. The SMILES string of the molecule is NCc1ccc(-c2csc(NC(N)=NCc3cccc4ccccc34)n2)o1. The second kappa shape index (κ2) is 7.61. The van der Waals surface area contributed by atoms with E-state index >= 15 is 0 Å². The van der Waals surface area contributed by atoms with Gasteiger partial charge < -0.3 is 21.2 Å². The summed E-state index contributed by atoms with van der Waals surface area (Å²) in [6.45, 7) is 0.861. The van der Waals surface area contributed by atoms with Gasteiger partial charge in [0, 0.05) is 5.38 Å². The van der Waals surface area contributed by atoms with Gasteiger partial charge in [0.2, 0.25) is 0 Å². The predicted octanol–water partition coefficient (Wildman–Crippen LogP) is 3.94. The number of guanidine groups is 1. The minimum absolute atomic E-state index is 0.325. The van der Waals surface area contributed by atoms with E-state index in [1.54, 1.807) is 0 Å². The molecule has 136 valence electrons. The van der Waals surface area contributed by atoms with Gasteiger partial charge in [-0.25, -0.2) is 9.98 Å². The van der Waals surface area contributed by atoms with E-state index in [0.29, 0.717) is 29.9 Å². The molecule has 0 unspecified atom stereocenters. The first-order chi connectivity index (χ1) is 13.2. The first kappa shape index (κ1) is 17.3. The van der Waals surface area contributed by atoms with Crippen LogP contribution in [0, 0.1) is 0 Å². The van der Waals surface area contributed by atoms with Crippen molar-refractivity contribution in [1.82, 2.24) is 4.98 Å². The average molecular weight is 377 g/mol. The fraction of sp³-hybridized carbons (Fsp3) is 0.100. The molecule has 0 radical (unpaired) electrons. The third-order valence-electron chi connectivity index (χ3n) is 4.15. The van der Waals surface area contributed by atoms with Gasteiger partial charge >= 0.3 is 0 Å². The maximum absolute atomic E-state index is 6.04. The molecular formula is C20H19N5OS. The van der Waals surface area contributed by atoms with Crippen molar-refractivity contribution in [2.75, 3.05) is 5.32 Å². The van der Waals surface area contributed by atoms with Crippen molar-refractivity contribution in [3.05, 3.63) is 71.3 Å². The van der Waals surface area contributed by atoms with Gasteiger partial charge in [0.15, 0.2) is 16.9 Å². The summed E-state index contributed by atoms with van der Waals surface area (Å²) in [6.07, 6.45) is 0. The lowest BCUT2D eigenvalue weighted by molar-refractivity contribution is 0.524. The van der Waals surface area contributed by atoms with Gasteiger partial charge in [-0.05, 0) is 28.5 Å². The Morgan fingerprint density at radius 1 is 1.11 bits per heavy atom. The van der Waals surface area contributed by atoms with E-state index in [0.717, 1.165) is 17.0 Å². The van der Waals surface area contributed by atoms with E-state index in [2.05, 4.69) is 39.6 Å². The Hall–Kier alpha value is -3.16. The van der Waals surface area contributed by atoms with Crippen molar-refractivity contribution in [3.63, 3.8) is 0 Å². The van der Waals surface area contributed by atoms with Gasteiger partial charge in [0.1, 0.15) is 11.5 Å². The summed E-state index contributed by atoms with van der Waals surface area (Å²) in [4.78, 5) is 8.93. The summed E-state index contributed by atoms with van der Waals surface area (Å²) in [5.41, 5.74) is 13.5. The first-order valence-corrected chi connectivity index (χ1v) is 9.39. The maximum Gasteiger partial charge on any atom is 0.195 e. The fourth-order valence-electron chi connectivity index (χ4n) is 2.82. The second-order valence-electron chi connectivity index (χ2n) is 5.97. The molecule has 2 heterocycles. The third kappa shape index (κ3) is 3.84. The number of furan rings is 1. The highest BCUT2D eigenvalue weighted by molar-refractivity contribution is 7.14. The number of aliphatic imine (C=N–C) groups is 1.